The summed E-state index contributed by atoms with van der Waals surface area (Å²) in [4.78, 5) is 13.2. The van der Waals surface area contributed by atoms with Gasteiger partial charge < -0.3 is 14.1 Å². The number of benzene rings is 5. The summed E-state index contributed by atoms with van der Waals surface area (Å²) in [5, 5.41) is 2.34. The Labute approximate surface area is 202 Å². The molecule has 5 aromatic carbocycles. The number of carbonyl (C=O) groups excluding carboxylic acids is 1. The van der Waals surface area contributed by atoms with Crippen LogP contribution in [0.2, 0.25) is 0 Å². The van der Waals surface area contributed by atoms with Crippen LogP contribution in [0.5, 0.6) is 11.5 Å². The molecule has 3 nitrogen and oxygen atoms in total. The molecule has 1 aliphatic rings. The lowest BCUT2D eigenvalue weighted by atomic mass is 9.68. The topological polar surface area (TPSA) is 31.2 Å². The van der Waals surface area contributed by atoms with Crippen molar-refractivity contribution in [1.82, 2.24) is 4.57 Å². The number of fused-ring (bicyclic) bond motifs is 5. The second-order valence-electron chi connectivity index (χ2n) is 8.94. The number of aldehydes is 1. The minimum Gasteiger partial charge on any atom is -0.457 e. The van der Waals surface area contributed by atoms with E-state index in [0.29, 0.717) is 11.5 Å². The van der Waals surface area contributed by atoms with Crippen molar-refractivity contribution in [2.45, 2.75) is 5.41 Å². The number of para-hydroxylation sites is 4. The van der Waals surface area contributed by atoms with Crippen LogP contribution >= 0.6 is 0 Å². The lowest BCUT2D eigenvalue weighted by Crippen LogP contribution is -2.34. The van der Waals surface area contributed by atoms with Crippen LogP contribution in [0.1, 0.15) is 16.7 Å². The van der Waals surface area contributed by atoms with Gasteiger partial charge in [-0.1, -0.05) is 84.9 Å². The van der Waals surface area contributed by atoms with Crippen LogP contribution in [-0.4, -0.2) is 10.9 Å². The first-order chi connectivity index (χ1) is 17.3. The highest BCUT2D eigenvalue weighted by Crippen LogP contribution is 2.51. The lowest BCUT2D eigenvalue weighted by molar-refractivity contribution is -0.110. The molecule has 0 spiro atoms. The van der Waals surface area contributed by atoms with Gasteiger partial charge in [0, 0.05) is 27.6 Å². The van der Waals surface area contributed by atoms with E-state index in [9.17, 15) is 4.79 Å². The average molecular weight is 452 g/mol. The van der Waals surface area contributed by atoms with Crippen LogP contribution in [0.15, 0.2) is 121 Å². The number of hydrogen-bond acceptors (Lipinski definition) is 2. The van der Waals surface area contributed by atoms with Gasteiger partial charge in [-0.3, -0.25) is 0 Å². The summed E-state index contributed by atoms with van der Waals surface area (Å²) in [5.74, 6) is 1.42. The van der Waals surface area contributed by atoms with Gasteiger partial charge in [0.2, 0.25) is 0 Å². The first-order valence-corrected chi connectivity index (χ1v) is 11.7. The minimum atomic E-state index is -0.975. The molecule has 1 aromatic heterocycles. The SMILES string of the molecule is O=CC1(c2ccc3c4ccccc4n(-c4ccccc4)c3c2)c2ccccc2Oc2ccccc21. The molecule has 0 aliphatic carbocycles. The highest BCUT2D eigenvalue weighted by Gasteiger charge is 2.44. The molecule has 0 saturated heterocycles. The van der Waals surface area contributed by atoms with E-state index in [1.54, 1.807) is 0 Å². The molecule has 0 radical (unpaired) electrons. The molecular formula is C32H21NO2. The zero-order valence-corrected chi connectivity index (χ0v) is 18.9. The Balaban J connectivity index is 1.60. The normalized spacial score (nSPS) is 13.7. The van der Waals surface area contributed by atoms with E-state index in [1.165, 1.54) is 5.39 Å². The first kappa shape index (κ1) is 19.8. The van der Waals surface area contributed by atoms with Crippen LogP contribution < -0.4 is 4.74 Å². The Bertz CT molecular complexity index is 1700. The van der Waals surface area contributed by atoms with E-state index in [0.717, 1.165) is 45.1 Å². The number of rotatable bonds is 3. The number of aromatic nitrogens is 1. The van der Waals surface area contributed by atoms with Gasteiger partial charge in [-0.2, -0.15) is 0 Å². The summed E-state index contributed by atoms with van der Waals surface area (Å²) in [6, 6.07) is 40.9. The Kier molecular flexibility index (Phi) is 4.21. The fraction of sp³-hybridized carbons (Fsp3) is 0.0312. The van der Waals surface area contributed by atoms with E-state index >= 15 is 0 Å². The average Bonchev–Trinajstić information content (AvgIpc) is 3.26. The quantitative estimate of drug-likeness (QED) is 0.262. The molecule has 1 aliphatic heterocycles. The standard InChI is InChI=1S/C32H21NO2/c34-21-32(26-13-5-8-16-30(26)35-31-17-9-6-14-27(31)32)22-18-19-25-24-12-4-7-15-28(24)33(29(25)20-22)23-10-2-1-3-11-23/h1-21H. The van der Waals surface area contributed by atoms with E-state index in [2.05, 4.69) is 71.3 Å². The van der Waals surface area contributed by atoms with Crippen molar-refractivity contribution in [3.05, 3.63) is 138 Å². The third-order valence-corrected chi connectivity index (χ3v) is 7.16. The molecule has 0 amide bonds. The van der Waals surface area contributed by atoms with Crippen LogP contribution in [0, 0.1) is 0 Å². The summed E-state index contributed by atoms with van der Waals surface area (Å²) in [7, 11) is 0. The maximum atomic E-state index is 13.2. The van der Waals surface area contributed by atoms with Crippen molar-refractivity contribution < 1.29 is 9.53 Å². The Morgan fingerprint density at radius 1 is 0.600 bits per heavy atom. The molecule has 0 N–H and O–H groups in total. The molecule has 2 heterocycles. The van der Waals surface area contributed by atoms with Crippen molar-refractivity contribution in [3.8, 4) is 17.2 Å². The summed E-state index contributed by atoms with van der Waals surface area (Å²) < 4.78 is 8.50. The van der Waals surface area contributed by atoms with Gasteiger partial charge in [0.05, 0.1) is 11.0 Å². The molecule has 0 fully saturated rings. The van der Waals surface area contributed by atoms with Crippen LogP contribution in [0.25, 0.3) is 27.5 Å². The van der Waals surface area contributed by atoms with Gasteiger partial charge in [0.15, 0.2) is 0 Å². The van der Waals surface area contributed by atoms with Gasteiger partial charge in [0.25, 0.3) is 0 Å². The molecular weight excluding hydrogens is 430 g/mol. The van der Waals surface area contributed by atoms with Crippen molar-refractivity contribution >= 4 is 28.1 Å². The summed E-state index contributed by atoms with van der Waals surface area (Å²) >= 11 is 0. The highest BCUT2D eigenvalue weighted by molar-refractivity contribution is 6.09. The summed E-state index contributed by atoms with van der Waals surface area (Å²) in [6.45, 7) is 0. The maximum Gasteiger partial charge on any atom is 0.139 e. The van der Waals surface area contributed by atoms with Gasteiger partial charge in [-0.25, -0.2) is 0 Å². The number of carbonyl (C=O) groups is 1. The number of hydrogen-bond donors (Lipinski definition) is 0. The van der Waals surface area contributed by atoms with E-state index in [1.807, 2.05) is 54.6 Å². The monoisotopic (exact) mass is 451 g/mol. The van der Waals surface area contributed by atoms with Gasteiger partial charge >= 0.3 is 0 Å². The van der Waals surface area contributed by atoms with Crippen molar-refractivity contribution in [2.75, 3.05) is 0 Å². The first-order valence-electron chi connectivity index (χ1n) is 11.7. The minimum absolute atomic E-state index is 0.710. The van der Waals surface area contributed by atoms with Crippen molar-refractivity contribution in [1.29, 1.82) is 0 Å². The van der Waals surface area contributed by atoms with Crippen LogP contribution in [-0.2, 0) is 10.2 Å². The molecule has 0 bridgehead atoms. The Hall–Kier alpha value is -4.63. The van der Waals surface area contributed by atoms with Crippen molar-refractivity contribution in [2.24, 2.45) is 0 Å². The predicted octanol–water partition coefficient (Wildman–Crippen LogP) is 7.42. The molecule has 0 unspecified atom stereocenters. The fourth-order valence-corrected chi connectivity index (χ4v) is 5.60. The second-order valence-corrected chi connectivity index (χ2v) is 8.94. The largest absolute Gasteiger partial charge is 0.457 e. The highest BCUT2D eigenvalue weighted by atomic mass is 16.5. The lowest BCUT2D eigenvalue weighted by Gasteiger charge is -2.36. The molecule has 35 heavy (non-hydrogen) atoms. The molecule has 6 aromatic rings. The van der Waals surface area contributed by atoms with Gasteiger partial charge in [-0.15, -0.1) is 0 Å². The van der Waals surface area contributed by atoms with E-state index in [-0.39, 0.29) is 0 Å². The second kappa shape index (κ2) is 7.44. The predicted molar refractivity (Wildman–Crippen MR) is 140 cm³/mol. The van der Waals surface area contributed by atoms with E-state index in [4.69, 9.17) is 4.74 Å². The number of nitrogens with zero attached hydrogens (tertiary/aromatic N) is 1. The summed E-state index contributed by atoms with van der Waals surface area (Å²) in [6.07, 6.45) is 1.07. The Morgan fingerprint density at radius 3 is 1.91 bits per heavy atom. The molecule has 0 atom stereocenters. The zero-order valence-electron chi connectivity index (χ0n) is 18.9. The van der Waals surface area contributed by atoms with Gasteiger partial charge in [-0.05, 0) is 42.0 Å². The van der Waals surface area contributed by atoms with Crippen molar-refractivity contribution in [3.63, 3.8) is 0 Å². The summed E-state index contributed by atoms with van der Waals surface area (Å²) in [5.41, 5.74) is 4.95. The number of ether oxygens (including phenoxy) is 1. The van der Waals surface area contributed by atoms with Crippen LogP contribution in [0.3, 0.4) is 0 Å². The van der Waals surface area contributed by atoms with Crippen LogP contribution in [0.4, 0.5) is 0 Å². The van der Waals surface area contributed by atoms with E-state index < -0.39 is 5.41 Å². The smallest absolute Gasteiger partial charge is 0.139 e. The molecule has 0 saturated carbocycles. The fourth-order valence-electron chi connectivity index (χ4n) is 5.60. The molecule has 3 heteroatoms. The zero-order chi connectivity index (χ0) is 23.4. The molecule has 7 rings (SSSR count). The molecule has 166 valence electrons. The third kappa shape index (κ3) is 2.69. The van der Waals surface area contributed by atoms with Gasteiger partial charge in [0.1, 0.15) is 23.2 Å². The maximum absolute atomic E-state index is 13.2. The third-order valence-electron chi connectivity index (χ3n) is 7.16. The Morgan fingerprint density at radius 2 is 1.20 bits per heavy atom.